The Balaban J connectivity index is 2.13. The van der Waals surface area contributed by atoms with E-state index in [0.29, 0.717) is 5.95 Å². The lowest BCUT2D eigenvalue weighted by Gasteiger charge is -2.13. The summed E-state index contributed by atoms with van der Waals surface area (Å²) in [5.74, 6) is 1.37. The van der Waals surface area contributed by atoms with Gasteiger partial charge in [-0.15, -0.1) is 0 Å². The average Bonchev–Trinajstić information content (AvgIpc) is 2.39. The van der Waals surface area contributed by atoms with Crippen molar-refractivity contribution >= 4 is 23.1 Å². The van der Waals surface area contributed by atoms with Crippen molar-refractivity contribution in [3.05, 3.63) is 36.5 Å². The highest BCUT2D eigenvalue weighted by molar-refractivity contribution is 5.60. The standard InChI is InChI=1S/C13H17N5/c1-14-13-15-9-8-12(17-13)16-10-4-6-11(7-5-10)18(2)3/h4-9H,1-3H3,(H2,14,15,16,17). The largest absolute Gasteiger partial charge is 0.378 e. The zero-order chi connectivity index (χ0) is 13.0. The van der Waals surface area contributed by atoms with Crippen molar-refractivity contribution in [2.24, 2.45) is 0 Å². The highest BCUT2D eigenvalue weighted by Gasteiger charge is 1.99. The van der Waals surface area contributed by atoms with Gasteiger partial charge in [-0.3, -0.25) is 0 Å². The van der Waals surface area contributed by atoms with Gasteiger partial charge in [0.2, 0.25) is 5.95 Å². The Bertz CT molecular complexity index is 507. The van der Waals surface area contributed by atoms with Gasteiger partial charge in [0.15, 0.2) is 0 Å². The van der Waals surface area contributed by atoms with Crippen LogP contribution in [-0.2, 0) is 0 Å². The van der Waals surface area contributed by atoms with Gasteiger partial charge < -0.3 is 15.5 Å². The van der Waals surface area contributed by atoms with E-state index in [4.69, 9.17) is 0 Å². The number of nitrogens with one attached hydrogen (secondary N) is 2. The number of hydrogen-bond acceptors (Lipinski definition) is 5. The summed E-state index contributed by atoms with van der Waals surface area (Å²) in [6.45, 7) is 0. The third-order valence-corrected chi connectivity index (χ3v) is 2.54. The molecule has 0 radical (unpaired) electrons. The number of aromatic nitrogens is 2. The van der Waals surface area contributed by atoms with E-state index in [1.54, 1.807) is 13.2 Å². The van der Waals surface area contributed by atoms with Gasteiger partial charge in [0.25, 0.3) is 0 Å². The van der Waals surface area contributed by atoms with Crippen molar-refractivity contribution in [3.63, 3.8) is 0 Å². The normalized spacial score (nSPS) is 9.94. The van der Waals surface area contributed by atoms with Crippen molar-refractivity contribution in [1.29, 1.82) is 0 Å². The van der Waals surface area contributed by atoms with Crippen molar-refractivity contribution in [1.82, 2.24) is 9.97 Å². The first-order valence-electron chi connectivity index (χ1n) is 5.74. The summed E-state index contributed by atoms with van der Waals surface area (Å²) in [5.41, 5.74) is 2.17. The molecule has 2 rings (SSSR count). The molecule has 0 atom stereocenters. The number of anilines is 4. The third kappa shape index (κ3) is 2.88. The van der Waals surface area contributed by atoms with Crippen LogP contribution in [0.2, 0.25) is 0 Å². The molecular weight excluding hydrogens is 226 g/mol. The molecule has 0 bridgehead atoms. The summed E-state index contributed by atoms with van der Waals surface area (Å²) >= 11 is 0. The Morgan fingerprint density at radius 2 is 1.78 bits per heavy atom. The van der Waals surface area contributed by atoms with Crippen LogP contribution >= 0.6 is 0 Å². The van der Waals surface area contributed by atoms with E-state index >= 15 is 0 Å². The molecule has 2 N–H and O–H groups in total. The fourth-order valence-corrected chi connectivity index (χ4v) is 1.54. The minimum absolute atomic E-state index is 0.602. The van der Waals surface area contributed by atoms with Gasteiger partial charge in [-0.25, -0.2) is 4.98 Å². The molecule has 0 spiro atoms. The molecule has 5 heteroatoms. The quantitative estimate of drug-likeness (QED) is 0.863. The van der Waals surface area contributed by atoms with Crippen molar-refractivity contribution in [2.45, 2.75) is 0 Å². The molecule has 1 aromatic heterocycles. The third-order valence-electron chi connectivity index (χ3n) is 2.54. The molecular formula is C13H17N5. The average molecular weight is 243 g/mol. The summed E-state index contributed by atoms with van der Waals surface area (Å²) in [5, 5.41) is 6.14. The number of benzene rings is 1. The lowest BCUT2D eigenvalue weighted by molar-refractivity contribution is 1.13. The maximum Gasteiger partial charge on any atom is 0.224 e. The number of hydrogen-bond donors (Lipinski definition) is 2. The Hall–Kier alpha value is -2.30. The van der Waals surface area contributed by atoms with Gasteiger partial charge >= 0.3 is 0 Å². The summed E-state index contributed by atoms with van der Waals surface area (Å²) in [7, 11) is 5.84. The monoisotopic (exact) mass is 243 g/mol. The van der Waals surface area contributed by atoms with Gasteiger partial charge in [0.05, 0.1) is 0 Å². The van der Waals surface area contributed by atoms with E-state index in [-0.39, 0.29) is 0 Å². The zero-order valence-corrected chi connectivity index (χ0v) is 10.8. The molecule has 0 aliphatic carbocycles. The topological polar surface area (TPSA) is 53.1 Å². The molecule has 0 saturated heterocycles. The van der Waals surface area contributed by atoms with E-state index in [1.165, 1.54) is 5.69 Å². The van der Waals surface area contributed by atoms with Crippen LogP contribution in [-0.4, -0.2) is 31.1 Å². The van der Waals surface area contributed by atoms with Crippen LogP contribution in [0.3, 0.4) is 0 Å². The lowest BCUT2D eigenvalue weighted by atomic mass is 10.2. The zero-order valence-electron chi connectivity index (χ0n) is 10.8. The molecule has 5 nitrogen and oxygen atoms in total. The second-order valence-corrected chi connectivity index (χ2v) is 4.08. The Morgan fingerprint density at radius 1 is 1.06 bits per heavy atom. The molecule has 94 valence electrons. The van der Waals surface area contributed by atoms with Gasteiger partial charge in [0, 0.05) is 38.7 Å². The van der Waals surface area contributed by atoms with Crippen LogP contribution in [0.25, 0.3) is 0 Å². The second-order valence-electron chi connectivity index (χ2n) is 4.08. The number of nitrogens with zero attached hydrogens (tertiary/aromatic N) is 3. The molecule has 0 aliphatic rings. The van der Waals surface area contributed by atoms with Crippen LogP contribution in [0.5, 0.6) is 0 Å². The van der Waals surface area contributed by atoms with Crippen LogP contribution in [0, 0.1) is 0 Å². The minimum Gasteiger partial charge on any atom is -0.378 e. The molecule has 0 unspecified atom stereocenters. The van der Waals surface area contributed by atoms with Crippen molar-refractivity contribution in [2.75, 3.05) is 36.7 Å². The molecule has 2 aromatic rings. The van der Waals surface area contributed by atoms with Gasteiger partial charge in [-0.2, -0.15) is 4.98 Å². The lowest BCUT2D eigenvalue weighted by Crippen LogP contribution is -2.08. The molecule has 0 amide bonds. The minimum atomic E-state index is 0.602. The predicted molar refractivity (Wildman–Crippen MR) is 75.6 cm³/mol. The Labute approximate surface area is 107 Å². The van der Waals surface area contributed by atoms with Crippen molar-refractivity contribution in [3.8, 4) is 0 Å². The molecule has 1 heterocycles. The van der Waals surface area contributed by atoms with E-state index in [9.17, 15) is 0 Å². The Morgan fingerprint density at radius 3 is 2.39 bits per heavy atom. The SMILES string of the molecule is CNc1nccc(Nc2ccc(N(C)C)cc2)n1. The first-order chi connectivity index (χ1) is 8.69. The maximum atomic E-state index is 4.30. The van der Waals surface area contributed by atoms with Crippen LogP contribution in [0.15, 0.2) is 36.5 Å². The Kier molecular flexibility index (Phi) is 3.62. The van der Waals surface area contributed by atoms with E-state index in [0.717, 1.165) is 11.5 Å². The van der Waals surface area contributed by atoms with E-state index in [1.807, 2.05) is 32.3 Å². The second kappa shape index (κ2) is 5.35. The highest BCUT2D eigenvalue weighted by Crippen LogP contribution is 2.19. The van der Waals surface area contributed by atoms with Gasteiger partial charge in [-0.05, 0) is 30.3 Å². The van der Waals surface area contributed by atoms with Gasteiger partial charge in [-0.1, -0.05) is 0 Å². The molecule has 0 saturated carbocycles. The summed E-state index contributed by atoms with van der Waals surface area (Å²) < 4.78 is 0. The summed E-state index contributed by atoms with van der Waals surface area (Å²) in [6.07, 6.45) is 1.72. The first-order valence-corrected chi connectivity index (χ1v) is 5.74. The number of rotatable bonds is 4. The van der Waals surface area contributed by atoms with Crippen LogP contribution in [0.1, 0.15) is 0 Å². The van der Waals surface area contributed by atoms with E-state index in [2.05, 4.69) is 37.6 Å². The van der Waals surface area contributed by atoms with Gasteiger partial charge in [0.1, 0.15) is 5.82 Å². The fraction of sp³-hybridized carbons (Fsp3) is 0.231. The highest BCUT2D eigenvalue weighted by atomic mass is 15.1. The fourth-order valence-electron chi connectivity index (χ4n) is 1.54. The van der Waals surface area contributed by atoms with E-state index < -0.39 is 0 Å². The summed E-state index contributed by atoms with van der Waals surface area (Å²) in [4.78, 5) is 10.4. The first kappa shape index (κ1) is 12.2. The van der Waals surface area contributed by atoms with Crippen LogP contribution < -0.4 is 15.5 Å². The van der Waals surface area contributed by atoms with Crippen LogP contribution in [0.4, 0.5) is 23.1 Å². The van der Waals surface area contributed by atoms with Crippen molar-refractivity contribution < 1.29 is 0 Å². The molecule has 0 fully saturated rings. The molecule has 1 aromatic carbocycles. The molecule has 18 heavy (non-hydrogen) atoms. The molecule has 0 aliphatic heterocycles. The smallest absolute Gasteiger partial charge is 0.224 e. The summed E-state index contributed by atoms with van der Waals surface area (Å²) in [6, 6.07) is 10.00. The maximum absolute atomic E-state index is 4.30. The predicted octanol–water partition coefficient (Wildman–Crippen LogP) is 2.33.